The number of ether oxygens (including phenoxy) is 2. The van der Waals surface area contributed by atoms with Crippen LogP contribution in [0.4, 0.5) is 0 Å². The van der Waals surface area contributed by atoms with Gasteiger partial charge in [-0.05, 0) is 39.8 Å². The standard InChI is InChI=1S/C16H20BrNO4.H2O/c1-13-9-7(19)8-11(21-8)16-4-3-15(13,10(17)12(20)22-13)14(9,16)5-6-18(16)2;/h8-12,20H,3-6H2,1-2H3;1H2/t8-,9+,10-,11-,12+,13+,14+,15+,16-;/m1./s1. The molecule has 6 aliphatic rings. The number of carbonyl (C=O) groups excluding carboxylic acids is 1. The van der Waals surface area contributed by atoms with Crippen LogP contribution in [0.25, 0.3) is 0 Å². The van der Waals surface area contributed by atoms with Gasteiger partial charge in [-0.25, -0.2) is 0 Å². The summed E-state index contributed by atoms with van der Waals surface area (Å²) in [5.41, 5.74) is -0.831. The first-order chi connectivity index (χ1) is 10.4. The lowest BCUT2D eigenvalue weighted by Crippen LogP contribution is -2.83. The number of epoxide rings is 1. The minimum absolute atomic E-state index is 0. The molecule has 3 aliphatic heterocycles. The Morgan fingerprint density at radius 1 is 1.30 bits per heavy atom. The number of nitrogens with zero attached hydrogens (tertiary/aromatic N) is 1. The summed E-state index contributed by atoms with van der Waals surface area (Å²) in [5.74, 6) is 0.0955. The van der Waals surface area contributed by atoms with Gasteiger partial charge in [0.15, 0.2) is 12.1 Å². The predicted molar refractivity (Wildman–Crippen MR) is 83.1 cm³/mol. The predicted octanol–water partition coefficient (Wildman–Crippen LogP) is -0.147. The number of rotatable bonds is 0. The van der Waals surface area contributed by atoms with Crippen LogP contribution >= 0.6 is 15.9 Å². The summed E-state index contributed by atoms with van der Waals surface area (Å²) in [4.78, 5) is 15.4. The van der Waals surface area contributed by atoms with Gasteiger partial charge in [0.2, 0.25) is 0 Å². The van der Waals surface area contributed by atoms with Crippen LogP contribution in [0.15, 0.2) is 0 Å². The molecule has 3 saturated carbocycles. The molecule has 3 heterocycles. The van der Waals surface area contributed by atoms with E-state index in [0.29, 0.717) is 0 Å². The smallest absolute Gasteiger partial charge is 0.170 e. The van der Waals surface area contributed by atoms with E-state index in [9.17, 15) is 9.90 Å². The molecule has 0 radical (unpaired) electrons. The normalized spacial score (nSPS) is 67.7. The van der Waals surface area contributed by atoms with Gasteiger partial charge in [-0.3, -0.25) is 9.69 Å². The number of hydrogen-bond donors (Lipinski definition) is 1. The maximum Gasteiger partial charge on any atom is 0.170 e. The van der Waals surface area contributed by atoms with Gasteiger partial charge in [0.25, 0.3) is 0 Å². The van der Waals surface area contributed by atoms with Gasteiger partial charge in [0, 0.05) is 10.8 Å². The van der Waals surface area contributed by atoms with Crippen LogP contribution in [0.3, 0.4) is 0 Å². The van der Waals surface area contributed by atoms with Crippen molar-refractivity contribution in [3.05, 3.63) is 0 Å². The third-order valence-electron chi connectivity index (χ3n) is 8.54. The highest BCUT2D eigenvalue weighted by atomic mass is 79.9. The number of hydrogen-bond acceptors (Lipinski definition) is 5. The maximum atomic E-state index is 13.0. The number of carbonyl (C=O) groups is 1. The van der Waals surface area contributed by atoms with Crippen LogP contribution in [0.5, 0.6) is 0 Å². The fraction of sp³-hybridized carbons (Fsp3) is 0.938. The van der Waals surface area contributed by atoms with Gasteiger partial charge < -0.3 is 20.1 Å². The van der Waals surface area contributed by atoms with E-state index in [1.165, 1.54) is 0 Å². The van der Waals surface area contributed by atoms with Crippen LogP contribution in [0.2, 0.25) is 0 Å². The number of fused-ring (bicyclic) bond motifs is 2. The van der Waals surface area contributed by atoms with Gasteiger partial charge in [0.1, 0.15) is 12.2 Å². The Morgan fingerprint density at radius 3 is 2.78 bits per heavy atom. The first-order valence-corrected chi connectivity index (χ1v) is 9.20. The second kappa shape index (κ2) is 3.71. The number of ketones is 1. The van der Waals surface area contributed by atoms with Gasteiger partial charge in [-0.1, -0.05) is 15.9 Å². The zero-order chi connectivity index (χ0) is 15.3. The molecule has 23 heavy (non-hydrogen) atoms. The first-order valence-electron chi connectivity index (χ1n) is 8.29. The fourth-order valence-corrected chi connectivity index (χ4v) is 9.30. The van der Waals surface area contributed by atoms with Crippen molar-refractivity contribution < 1.29 is 24.9 Å². The third-order valence-corrected chi connectivity index (χ3v) is 9.77. The Hall–Kier alpha value is -0.0500. The molecule has 3 saturated heterocycles. The quantitative estimate of drug-likeness (QED) is 0.460. The van der Waals surface area contributed by atoms with Crippen molar-refractivity contribution in [2.75, 3.05) is 13.6 Å². The van der Waals surface area contributed by atoms with E-state index in [1.54, 1.807) is 0 Å². The van der Waals surface area contributed by atoms with E-state index in [4.69, 9.17) is 9.47 Å². The average Bonchev–Trinajstić information content (AvgIpc) is 3.11. The summed E-state index contributed by atoms with van der Waals surface area (Å²) in [7, 11) is 2.19. The molecule has 6 fully saturated rings. The molecule has 7 heteroatoms. The Balaban J connectivity index is 0.00000121. The minimum Gasteiger partial charge on any atom is -0.412 e. The summed E-state index contributed by atoms with van der Waals surface area (Å²) in [6.45, 7) is 3.06. The molecular weight excluding hydrogens is 366 g/mol. The van der Waals surface area contributed by atoms with Gasteiger partial charge in [-0.2, -0.15) is 0 Å². The zero-order valence-electron chi connectivity index (χ0n) is 13.2. The molecule has 0 aromatic heterocycles. The summed E-state index contributed by atoms with van der Waals surface area (Å²) >= 11 is 3.76. The molecule has 128 valence electrons. The summed E-state index contributed by atoms with van der Waals surface area (Å²) in [6, 6.07) is 0. The summed E-state index contributed by atoms with van der Waals surface area (Å²) in [6.07, 6.45) is 2.06. The fourth-order valence-electron chi connectivity index (χ4n) is 8.10. The molecule has 0 amide bonds. The topological polar surface area (TPSA) is 93.8 Å². The lowest BCUT2D eigenvalue weighted by molar-refractivity contribution is -0.293. The highest BCUT2D eigenvalue weighted by molar-refractivity contribution is 9.09. The van der Waals surface area contributed by atoms with Crippen molar-refractivity contribution in [1.29, 1.82) is 0 Å². The van der Waals surface area contributed by atoms with Gasteiger partial charge >= 0.3 is 0 Å². The van der Waals surface area contributed by atoms with Crippen molar-refractivity contribution in [2.24, 2.45) is 16.7 Å². The van der Waals surface area contributed by atoms with E-state index in [1.807, 2.05) is 0 Å². The number of aliphatic hydroxyl groups is 1. The van der Waals surface area contributed by atoms with Crippen molar-refractivity contribution in [3.63, 3.8) is 0 Å². The minimum atomic E-state index is -0.822. The van der Waals surface area contributed by atoms with Crippen LogP contribution in [0.1, 0.15) is 26.2 Å². The highest BCUT2D eigenvalue weighted by Gasteiger charge is 2.98. The summed E-state index contributed by atoms with van der Waals surface area (Å²) in [5, 5.41) is 10.4. The zero-order valence-corrected chi connectivity index (χ0v) is 14.8. The van der Waals surface area contributed by atoms with Crippen LogP contribution in [-0.4, -0.2) is 69.3 Å². The van der Waals surface area contributed by atoms with Gasteiger partial charge in [0.05, 0.1) is 21.9 Å². The van der Waals surface area contributed by atoms with Crippen molar-refractivity contribution in [2.45, 2.75) is 60.7 Å². The lowest BCUT2D eigenvalue weighted by Gasteiger charge is -2.72. The number of likely N-dealkylation sites (N-methyl/N-ethyl adjacent to an activating group) is 1. The van der Waals surface area contributed by atoms with E-state index in [0.717, 1.165) is 25.8 Å². The number of aliphatic hydroxyl groups excluding tert-OH is 1. The van der Waals surface area contributed by atoms with Crippen LogP contribution in [0, 0.1) is 16.7 Å². The Kier molecular flexibility index (Phi) is 2.46. The molecule has 2 spiro atoms. The molecule has 0 aromatic rings. The highest BCUT2D eigenvalue weighted by Crippen LogP contribution is 2.89. The van der Waals surface area contributed by atoms with Crippen molar-refractivity contribution in [1.82, 2.24) is 4.90 Å². The largest absolute Gasteiger partial charge is 0.412 e. The van der Waals surface area contributed by atoms with E-state index >= 15 is 0 Å². The van der Waals surface area contributed by atoms with Crippen molar-refractivity contribution >= 4 is 21.7 Å². The molecular formula is C16H22BrNO5. The molecule has 6 rings (SSSR count). The van der Waals surface area contributed by atoms with E-state index in [2.05, 4.69) is 34.8 Å². The molecule has 3 N–H and O–H groups in total. The SMILES string of the molecule is CN1CC[C@@]23[C@H]4C(=O)[C@H]5O[C@H]5[C@@]12CC[C@@]31[C@H](Br)[C@@H](O)O[C@@]41C.O. The number of Topliss-reactive ketones (excluding diaryl/α,β-unsaturated/α-hetero) is 1. The third kappa shape index (κ3) is 1.01. The number of halogens is 1. The Bertz CT molecular complexity index is 646. The van der Waals surface area contributed by atoms with E-state index in [-0.39, 0.29) is 50.6 Å². The average molecular weight is 388 g/mol. The molecule has 3 aliphatic carbocycles. The molecule has 0 unspecified atom stereocenters. The Labute approximate surface area is 142 Å². The second-order valence-corrected chi connectivity index (χ2v) is 9.35. The first kappa shape index (κ1) is 15.2. The van der Waals surface area contributed by atoms with Gasteiger partial charge in [-0.15, -0.1) is 0 Å². The Morgan fingerprint density at radius 2 is 2.04 bits per heavy atom. The molecule has 0 bridgehead atoms. The number of alkyl halides is 1. The number of likely N-dealkylation sites (tertiary alicyclic amines) is 1. The molecule has 6 nitrogen and oxygen atoms in total. The molecule has 9 atom stereocenters. The lowest BCUT2D eigenvalue weighted by atomic mass is 9.31. The van der Waals surface area contributed by atoms with Crippen LogP contribution in [-0.2, 0) is 14.3 Å². The maximum absolute atomic E-state index is 13.0. The summed E-state index contributed by atoms with van der Waals surface area (Å²) < 4.78 is 12.0. The van der Waals surface area contributed by atoms with Crippen molar-refractivity contribution in [3.8, 4) is 0 Å². The van der Waals surface area contributed by atoms with E-state index < -0.39 is 11.9 Å². The molecule has 0 aromatic carbocycles. The second-order valence-electron chi connectivity index (χ2n) is 8.37. The monoisotopic (exact) mass is 387 g/mol. The van der Waals surface area contributed by atoms with Crippen LogP contribution < -0.4 is 0 Å².